The van der Waals surface area contributed by atoms with E-state index in [1.165, 1.54) is 0 Å². The van der Waals surface area contributed by atoms with E-state index in [0.29, 0.717) is 12.5 Å². The number of anilines is 1. The summed E-state index contributed by atoms with van der Waals surface area (Å²) in [6, 6.07) is 18.3. The maximum Gasteiger partial charge on any atom is 0.226 e. The van der Waals surface area contributed by atoms with Crippen LogP contribution < -0.4 is 8.97 Å². The summed E-state index contributed by atoms with van der Waals surface area (Å²) in [4.78, 5) is 9.84. The third-order valence-electron chi connectivity index (χ3n) is 4.32. The Hall–Kier alpha value is -2.19. The number of benzene rings is 2. The molecule has 0 saturated carbocycles. The maximum atomic E-state index is 6.17. The lowest BCUT2D eigenvalue weighted by Crippen LogP contribution is -2.60. The van der Waals surface area contributed by atoms with Gasteiger partial charge in [0.1, 0.15) is 23.1 Å². The maximum absolute atomic E-state index is 6.17. The predicted molar refractivity (Wildman–Crippen MR) is 119 cm³/mol. The highest BCUT2D eigenvalue weighted by molar-refractivity contribution is 6.99. The number of hydrogen-bond acceptors (Lipinski definition) is 4. The number of para-hydroxylation sites is 1. The highest BCUT2D eigenvalue weighted by atomic mass is 28.4. The number of ether oxygens (including phenoxy) is 1. The first-order valence-corrected chi connectivity index (χ1v) is 16.3. The van der Waals surface area contributed by atoms with E-state index in [1.807, 2.05) is 42.5 Å². The molecule has 0 aliphatic carbocycles. The van der Waals surface area contributed by atoms with Gasteiger partial charge >= 0.3 is 0 Å². The Morgan fingerprint density at radius 2 is 1.37 bits per heavy atom. The van der Waals surface area contributed by atoms with Gasteiger partial charge in [-0.05, 0) is 17.7 Å². The molecule has 0 bridgehead atoms. The van der Waals surface area contributed by atoms with Crippen LogP contribution in [0.25, 0.3) is 10.9 Å². The Balaban J connectivity index is 2.07. The van der Waals surface area contributed by atoms with E-state index in [0.717, 1.165) is 22.4 Å². The van der Waals surface area contributed by atoms with E-state index >= 15 is 0 Å². The third-order valence-corrected chi connectivity index (χ3v) is 11.4. The van der Waals surface area contributed by atoms with Gasteiger partial charge in [0.2, 0.25) is 11.8 Å². The second-order valence-electron chi connectivity index (χ2n) is 8.80. The highest BCUT2D eigenvalue weighted by Crippen LogP contribution is 2.31. The minimum atomic E-state index is -1.65. The van der Waals surface area contributed by atoms with E-state index in [-0.39, 0.29) is 0 Å². The van der Waals surface area contributed by atoms with Crippen molar-refractivity contribution in [3.8, 4) is 5.88 Å². The monoisotopic (exact) mass is 395 g/mol. The third kappa shape index (κ3) is 4.57. The van der Waals surface area contributed by atoms with Crippen molar-refractivity contribution in [2.75, 3.05) is 4.23 Å². The van der Waals surface area contributed by atoms with Crippen LogP contribution in [0, 0.1) is 0 Å². The molecule has 6 heteroatoms. The van der Waals surface area contributed by atoms with Gasteiger partial charge in [-0.3, -0.25) is 0 Å². The molecule has 3 aromatic rings. The van der Waals surface area contributed by atoms with Crippen LogP contribution in [0.3, 0.4) is 0 Å². The van der Waals surface area contributed by atoms with E-state index in [4.69, 9.17) is 14.7 Å². The van der Waals surface area contributed by atoms with Gasteiger partial charge in [-0.2, -0.15) is 4.98 Å². The Labute approximate surface area is 164 Å². The lowest BCUT2D eigenvalue weighted by Gasteiger charge is -2.43. The zero-order valence-corrected chi connectivity index (χ0v) is 19.2. The number of nitrogens with zero attached hydrogens (tertiary/aromatic N) is 3. The van der Waals surface area contributed by atoms with Gasteiger partial charge in [-0.15, -0.1) is 0 Å². The molecular weight excluding hydrogens is 366 g/mol. The summed E-state index contributed by atoms with van der Waals surface area (Å²) < 4.78 is 8.70. The van der Waals surface area contributed by atoms with Gasteiger partial charge in [0.15, 0.2) is 0 Å². The molecule has 0 spiro atoms. The fourth-order valence-corrected chi connectivity index (χ4v) is 13.0. The summed E-state index contributed by atoms with van der Waals surface area (Å²) in [5.74, 6) is 1.48. The van der Waals surface area contributed by atoms with Crippen molar-refractivity contribution in [2.24, 2.45) is 0 Å². The summed E-state index contributed by atoms with van der Waals surface area (Å²) in [7, 11) is -3.29. The van der Waals surface area contributed by atoms with Crippen molar-refractivity contribution in [1.82, 2.24) is 9.97 Å². The summed E-state index contributed by atoms with van der Waals surface area (Å²) in [6.45, 7) is 14.6. The number of rotatable bonds is 6. The van der Waals surface area contributed by atoms with Crippen molar-refractivity contribution in [1.29, 1.82) is 0 Å². The zero-order chi connectivity index (χ0) is 19.7. The SMILES string of the molecule is C[Si](C)(C)N(c1nc(OCc2ccccc2)c2ccccc2n1)[Si](C)(C)C. The molecule has 0 radical (unpaired) electrons. The summed E-state index contributed by atoms with van der Waals surface area (Å²) in [5, 5.41) is 0.961. The van der Waals surface area contributed by atoms with Crippen LogP contribution in [0.2, 0.25) is 39.3 Å². The van der Waals surface area contributed by atoms with Crippen molar-refractivity contribution in [3.05, 3.63) is 60.2 Å². The number of aromatic nitrogens is 2. The molecule has 0 fully saturated rings. The molecule has 0 aliphatic heterocycles. The van der Waals surface area contributed by atoms with Gasteiger partial charge in [0, 0.05) is 0 Å². The summed E-state index contributed by atoms with van der Waals surface area (Å²) in [5.41, 5.74) is 2.07. The van der Waals surface area contributed by atoms with Crippen LogP contribution in [0.1, 0.15) is 5.56 Å². The van der Waals surface area contributed by atoms with Crippen LogP contribution in [-0.4, -0.2) is 26.4 Å². The van der Waals surface area contributed by atoms with Crippen LogP contribution in [0.15, 0.2) is 54.6 Å². The minimum Gasteiger partial charge on any atom is -0.472 e. The first-order chi connectivity index (χ1) is 12.7. The van der Waals surface area contributed by atoms with Crippen molar-refractivity contribution < 1.29 is 4.74 Å². The van der Waals surface area contributed by atoms with Gasteiger partial charge in [-0.1, -0.05) is 81.7 Å². The fraction of sp³-hybridized carbons (Fsp3) is 0.333. The molecular formula is C21H29N3OSi2. The largest absolute Gasteiger partial charge is 0.472 e. The van der Waals surface area contributed by atoms with Crippen LogP contribution in [-0.2, 0) is 6.61 Å². The standard InChI is InChI=1S/C21H29N3OSi2/c1-26(2,3)24(27(4,5)6)21-22-19-15-11-10-14-18(19)20(23-21)25-16-17-12-8-7-9-13-17/h7-15H,16H2,1-6H3. The lowest BCUT2D eigenvalue weighted by molar-refractivity contribution is 0.298. The van der Waals surface area contributed by atoms with E-state index in [2.05, 4.69) is 55.6 Å². The number of fused-ring (bicyclic) bond motifs is 1. The van der Waals surface area contributed by atoms with Crippen molar-refractivity contribution in [2.45, 2.75) is 45.9 Å². The average Bonchev–Trinajstić information content (AvgIpc) is 2.58. The molecule has 142 valence electrons. The quantitative estimate of drug-likeness (QED) is 0.503. The van der Waals surface area contributed by atoms with Crippen LogP contribution >= 0.6 is 0 Å². The Morgan fingerprint density at radius 1 is 0.778 bits per heavy atom. The molecule has 27 heavy (non-hydrogen) atoms. The molecule has 0 aliphatic rings. The lowest BCUT2D eigenvalue weighted by atomic mass is 10.2. The van der Waals surface area contributed by atoms with E-state index in [1.54, 1.807) is 0 Å². The van der Waals surface area contributed by atoms with Crippen LogP contribution in [0.4, 0.5) is 5.95 Å². The van der Waals surface area contributed by atoms with Gasteiger partial charge < -0.3 is 8.97 Å². The Kier molecular flexibility index (Phi) is 5.39. The van der Waals surface area contributed by atoms with Gasteiger partial charge in [-0.25, -0.2) is 4.98 Å². The van der Waals surface area contributed by atoms with Crippen LogP contribution in [0.5, 0.6) is 5.88 Å². The predicted octanol–water partition coefficient (Wildman–Crippen LogP) is 5.69. The highest BCUT2D eigenvalue weighted by Gasteiger charge is 2.37. The molecule has 0 saturated heterocycles. The van der Waals surface area contributed by atoms with Gasteiger partial charge in [0.05, 0.1) is 10.9 Å². The number of hydrogen-bond donors (Lipinski definition) is 0. The first-order valence-electron chi connectivity index (χ1n) is 9.40. The molecule has 4 nitrogen and oxygen atoms in total. The molecule has 0 unspecified atom stereocenters. The van der Waals surface area contributed by atoms with E-state index in [9.17, 15) is 0 Å². The Morgan fingerprint density at radius 3 is 2.00 bits per heavy atom. The second-order valence-corrected chi connectivity index (χ2v) is 18.8. The van der Waals surface area contributed by atoms with Gasteiger partial charge in [0.25, 0.3) is 0 Å². The molecule has 3 rings (SSSR count). The summed E-state index contributed by atoms with van der Waals surface area (Å²) >= 11 is 0. The minimum absolute atomic E-state index is 0.501. The topological polar surface area (TPSA) is 38.2 Å². The zero-order valence-electron chi connectivity index (χ0n) is 17.2. The Bertz CT molecular complexity index is 904. The molecule has 0 N–H and O–H groups in total. The fourth-order valence-electron chi connectivity index (χ4n) is 3.58. The second kappa shape index (κ2) is 7.44. The first kappa shape index (κ1) is 19.6. The normalized spacial score (nSPS) is 12.2. The summed E-state index contributed by atoms with van der Waals surface area (Å²) in [6.07, 6.45) is 0. The molecule has 1 aromatic heterocycles. The average molecular weight is 396 g/mol. The molecule has 2 aromatic carbocycles. The molecule has 0 amide bonds. The van der Waals surface area contributed by atoms with E-state index < -0.39 is 16.5 Å². The molecule has 1 heterocycles. The van der Waals surface area contributed by atoms with Crippen molar-refractivity contribution >= 4 is 33.3 Å². The smallest absolute Gasteiger partial charge is 0.226 e. The van der Waals surface area contributed by atoms with Crippen molar-refractivity contribution in [3.63, 3.8) is 0 Å². The molecule has 0 atom stereocenters.